The van der Waals surface area contributed by atoms with E-state index in [9.17, 15) is 0 Å². The average molecular weight is 210 g/mol. The Hall–Kier alpha value is -0.300. The van der Waals surface area contributed by atoms with Crippen molar-refractivity contribution in [2.75, 3.05) is 0 Å². The molecule has 0 bridgehead atoms. The molecule has 0 saturated carbocycles. The fraction of sp³-hybridized carbons (Fsp3) is 0.300. The molecule has 0 amide bonds. The molecule has 1 heteroatoms. The van der Waals surface area contributed by atoms with Gasteiger partial charge < -0.3 is 0 Å². The third-order valence-electron chi connectivity index (χ3n) is 2.15. The minimum absolute atomic E-state index is 1.18. The number of fused-ring (bicyclic) bond motifs is 1. The summed E-state index contributed by atoms with van der Waals surface area (Å²) in [6.45, 7) is 2.23. The van der Waals surface area contributed by atoms with Gasteiger partial charge in [0.2, 0.25) is 0 Å². The van der Waals surface area contributed by atoms with Gasteiger partial charge in [0.1, 0.15) is 0 Å². The largest absolute Gasteiger partial charge is 0.0585 e. The quantitative estimate of drug-likeness (QED) is 0.617. The lowest BCUT2D eigenvalue weighted by molar-refractivity contribution is 0.951. The Balaban J connectivity index is 2.43. The van der Waals surface area contributed by atoms with E-state index in [1.165, 1.54) is 28.4 Å². The standard InChI is InChI=1S/C10H10Br/c1-7-4-8-2-3-10(11)6-9(8)5-7/h2-3,6H,4-5H2,1H3. The zero-order valence-corrected chi connectivity index (χ0v) is 8.11. The molecule has 0 nitrogen and oxygen atoms in total. The second-order valence-corrected chi connectivity index (χ2v) is 4.14. The van der Waals surface area contributed by atoms with Crippen molar-refractivity contribution < 1.29 is 0 Å². The van der Waals surface area contributed by atoms with Gasteiger partial charge in [-0.3, -0.25) is 0 Å². The topological polar surface area (TPSA) is 0 Å². The number of hydrogen-bond acceptors (Lipinski definition) is 0. The summed E-state index contributed by atoms with van der Waals surface area (Å²) in [5.41, 5.74) is 3.00. The van der Waals surface area contributed by atoms with E-state index in [1.807, 2.05) is 0 Å². The molecular weight excluding hydrogens is 200 g/mol. The Morgan fingerprint density at radius 3 is 2.73 bits per heavy atom. The summed E-state index contributed by atoms with van der Waals surface area (Å²) < 4.78 is 1.20. The molecule has 1 aliphatic carbocycles. The molecule has 0 atom stereocenters. The normalized spacial score (nSPS) is 16.9. The van der Waals surface area contributed by atoms with Crippen LogP contribution in [0, 0.1) is 5.92 Å². The first kappa shape index (κ1) is 7.35. The van der Waals surface area contributed by atoms with Crippen molar-refractivity contribution in [1.29, 1.82) is 0 Å². The molecule has 0 heterocycles. The lowest BCUT2D eigenvalue weighted by Gasteiger charge is -1.96. The van der Waals surface area contributed by atoms with E-state index in [-0.39, 0.29) is 0 Å². The van der Waals surface area contributed by atoms with Crippen LogP contribution in [0.25, 0.3) is 0 Å². The summed E-state index contributed by atoms with van der Waals surface area (Å²) in [6.07, 6.45) is 2.36. The molecule has 0 saturated heterocycles. The molecule has 0 N–H and O–H groups in total. The van der Waals surface area contributed by atoms with Gasteiger partial charge in [0.25, 0.3) is 0 Å². The van der Waals surface area contributed by atoms with Crippen LogP contribution in [-0.2, 0) is 12.8 Å². The van der Waals surface area contributed by atoms with Gasteiger partial charge in [-0.25, -0.2) is 0 Å². The van der Waals surface area contributed by atoms with Crippen LogP contribution in [0.1, 0.15) is 18.1 Å². The smallest absolute Gasteiger partial charge is 0.0178 e. The summed E-state index contributed by atoms with van der Waals surface area (Å²) >= 11 is 3.48. The van der Waals surface area contributed by atoms with Gasteiger partial charge in [-0.05, 0) is 42.0 Å². The molecule has 11 heavy (non-hydrogen) atoms. The van der Waals surface area contributed by atoms with Gasteiger partial charge in [0.05, 0.1) is 0 Å². The maximum atomic E-state index is 3.48. The van der Waals surface area contributed by atoms with Gasteiger partial charge in [0, 0.05) is 4.47 Å². The molecule has 0 unspecified atom stereocenters. The van der Waals surface area contributed by atoms with Crippen LogP contribution in [0.5, 0.6) is 0 Å². The zero-order chi connectivity index (χ0) is 7.84. The van der Waals surface area contributed by atoms with E-state index >= 15 is 0 Å². The Morgan fingerprint density at radius 2 is 1.91 bits per heavy atom. The van der Waals surface area contributed by atoms with Crippen LogP contribution >= 0.6 is 15.9 Å². The maximum Gasteiger partial charge on any atom is 0.0178 e. The van der Waals surface area contributed by atoms with Gasteiger partial charge >= 0.3 is 0 Å². The number of benzene rings is 1. The van der Waals surface area contributed by atoms with E-state index < -0.39 is 0 Å². The molecular formula is C10H10Br. The van der Waals surface area contributed by atoms with Crippen molar-refractivity contribution in [3.8, 4) is 0 Å². The highest BCUT2D eigenvalue weighted by Gasteiger charge is 2.17. The molecule has 1 aromatic rings. The third kappa shape index (κ3) is 1.34. The van der Waals surface area contributed by atoms with Crippen LogP contribution in [0.4, 0.5) is 0 Å². The molecule has 0 fully saturated rings. The van der Waals surface area contributed by atoms with Gasteiger partial charge in [-0.15, -0.1) is 0 Å². The molecule has 1 aliphatic rings. The third-order valence-corrected chi connectivity index (χ3v) is 2.65. The van der Waals surface area contributed by atoms with Crippen molar-refractivity contribution in [1.82, 2.24) is 0 Å². The first-order chi connectivity index (χ1) is 5.25. The number of halogens is 1. The minimum atomic E-state index is 1.18. The van der Waals surface area contributed by atoms with Gasteiger partial charge in [-0.1, -0.05) is 28.9 Å². The van der Waals surface area contributed by atoms with Crippen molar-refractivity contribution in [3.63, 3.8) is 0 Å². The second-order valence-electron chi connectivity index (χ2n) is 3.22. The van der Waals surface area contributed by atoms with E-state index in [0.717, 1.165) is 0 Å². The summed E-state index contributed by atoms with van der Waals surface area (Å²) in [5.74, 6) is 1.58. The molecule has 1 radical (unpaired) electrons. The highest BCUT2D eigenvalue weighted by Crippen LogP contribution is 2.29. The predicted molar refractivity (Wildman–Crippen MR) is 50.5 cm³/mol. The van der Waals surface area contributed by atoms with E-state index in [0.29, 0.717) is 0 Å². The Morgan fingerprint density at radius 1 is 1.18 bits per heavy atom. The van der Waals surface area contributed by atoms with Gasteiger partial charge in [0.15, 0.2) is 0 Å². The van der Waals surface area contributed by atoms with Crippen LogP contribution in [-0.4, -0.2) is 0 Å². The predicted octanol–water partition coefficient (Wildman–Crippen LogP) is 3.14. The lowest BCUT2D eigenvalue weighted by atomic mass is 10.1. The monoisotopic (exact) mass is 209 g/mol. The highest BCUT2D eigenvalue weighted by atomic mass is 79.9. The minimum Gasteiger partial charge on any atom is -0.0585 e. The van der Waals surface area contributed by atoms with Gasteiger partial charge in [-0.2, -0.15) is 0 Å². The molecule has 0 spiro atoms. The van der Waals surface area contributed by atoms with Crippen molar-refractivity contribution in [3.05, 3.63) is 39.7 Å². The van der Waals surface area contributed by atoms with Crippen molar-refractivity contribution >= 4 is 15.9 Å². The van der Waals surface area contributed by atoms with Crippen LogP contribution in [0.3, 0.4) is 0 Å². The number of rotatable bonds is 0. The zero-order valence-electron chi connectivity index (χ0n) is 6.52. The van der Waals surface area contributed by atoms with E-state index in [1.54, 1.807) is 5.92 Å². The van der Waals surface area contributed by atoms with Crippen LogP contribution < -0.4 is 0 Å². The van der Waals surface area contributed by atoms with Crippen molar-refractivity contribution in [2.24, 2.45) is 0 Å². The second kappa shape index (κ2) is 2.63. The molecule has 1 aromatic carbocycles. The first-order valence-electron chi connectivity index (χ1n) is 3.84. The Labute approximate surface area is 75.8 Å². The molecule has 2 rings (SSSR count). The fourth-order valence-corrected chi connectivity index (χ4v) is 2.05. The van der Waals surface area contributed by atoms with E-state index in [4.69, 9.17) is 0 Å². The summed E-state index contributed by atoms with van der Waals surface area (Å²) in [6, 6.07) is 6.57. The van der Waals surface area contributed by atoms with E-state index in [2.05, 4.69) is 41.1 Å². The SMILES string of the molecule is C[C]1Cc2ccc(Br)cc2C1. The molecule has 0 aliphatic heterocycles. The summed E-state index contributed by atoms with van der Waals surface area (Å²) in [5, 5.41) is 0. The summed E-state index contributed by atoms with van der Waals surface area (Å²) in [4.78, 5) is 0. The Bertz CT molecular complexity index is 278. The average Bonchev–Trinajstić information content (AvgIpc) is 2.27. The molecule has 57 valence electrons. The van der Waals surface area contributed by atoms with Crippen molar-refractivity contribution in [2.45, 2.75) is 19.8 Å². The molecule has 0 aromatic heterocycles. The maximum absolute atomic E-state index is 3.48. The highest BCUT2D eigenvalue weighted by molar-refractivity contribution is 9.10. The summed E-state index contributed by atoms with van der Waals surface area (Å²) in [7, 11) is 0. The lowest BCUT2D eigenvalue weighted by Crippen LogP contribution is -1.85. The van der Waals surface area contributed by atoms with Crippen LogP contribution in [0.2, 0.25) is 0 Å². The number of hydrogen-bond donors (Lipinski definition) is 0. The van der Waals surface area contributed by atoms with Crippen LogP contribution in [0.15, 0.2) is 22.7 Å². The first-order valence-corrected chi connectivity index (χ1v) is 4.63. The fourth-order valence-electron chi connectivity index (χ4n) is 1.64. The Kier molecular flexibility index (Phi) is 1.76.